The summed E-state index contributed by atoms with van der Waals surface area (Å²) in [6, 6.07) is 10.2. The number of hydrogen-bond donors (Lipinski definition) is 1. The summed E-state index contributed by atoms with van der Waals surface area (Å²) in [5, 5.41) is 2.92. The summed E-state index contributed by atoms with van der Waals surface area (Å²) in [4.78, 5) is 34.6. The molecular formula is C27H35ClN4O3. The van der Waals surface area contributed by atoms with Crippen molar-refractivity contribution >= 4 is 17.6 Å². The Balaban J connectivity index is 0.00000289. The fraction of sp³-hybridized carbons (Fsp3) is 0.556. The molecule has 1 N–H and O–H groups in total. The minimum absolute atomic E-state index is 0. The molecular weight excluding hydrogens is 464 g/mol. The topological polar surface area (TPSA) is 81.2 Å². The first-order valence-corrected chi connectivity index (χ1v) is 12.8. The van der Waals surface area contributed by atoms with E-state index >= 15 is 0 Å². The van der Waals surface area contributed by atoms with Crippen LogP contribution in [0.4, 0.5) is 5.69 Å². The van der Waals surface area contributed by atoms with Crippen molar-refractivity contribution in [3.63, 3.8) is 0 Å². The van der Waals surface area contributed by atoms with E-state index in [0.717, 1.165) is 63.7 Å². The zero-order chi connectivity index (χ0) is 23.4. The van der Waals surface area contributed by atoms with Gasteiger partial charge in [-0.25, -0.2) is 9.97 Å². The summed E-state index contributed by atoms with van der Waals surface area (Å²) in [5.74, 6) is 0.307. The summed E-state index contributed by atoms with van der Waals surface area (Å²) in [6.45, 7) is 3.03. The lowest BCUT2D eigenvalue weighted by Crippen LogP contribution is -3.00. The maximum atomic E-state index is 13.9. The molecule has 1 aliphatic carbocycles. The highest BCUT2D eigenvalue weighted by Gasteiger charge is 2.51. The third-order valence-electron chi connectivity index (χ3n) is 8.30. The predicted molar refractivity (Wildman–Crippen MR) is 129 cm³/mol. The first-order valence-electron chi connectivity index (χ1n) is 12.8. The quantitative estimate of drug-likeness (QED) is 0.363. The Labute approximate surface area is 213 Å². The van der Waals surface area contributed by atoms with Crippen LogP contribution in [-0.4, -0.2) is 58.6 Å². The van der Waals surface area contributed by atoms with Gasteiger partial charge in [0.1, 0.15) is 12.9 Å². The number of quaternary nitrogens is 1. The molecule has 7 nitrogen and oxygen atoms in total. The van der Waals surface area contributed by atoms with E-state index in [2.05, 4.69) is 27.4 Å². The van der Waals surface area contributed by atoms with Crippen molar-refractivity contribution < 1.29 is 31.2 Å². The molecule has 6 rings (SSSR count). The second kappa shape index (κ2) is 11.0. The number of ether oxygens (including phenoxy) is 1. The molecule has 4 heterocycles. The van der Waals surface area contributed by atoms with Gasteiger partial charge in [-0.1, -0.05) is 56.0 Å². The van der Waals surface area contributed by atoms with Gasteiger partial charge in [0.2, 0.25) is 0 Å². The normalized spacial score (nSPS) is 27.2. The highest BCUT2D eigenvalue weighted by atomic mass is 35.5. The number of nitrogens with zero attached hydrogens (tertiary/aromatic N) is 3. The molecule has 0 unspecified atom stereocenters. The summed E-state index contributed by atoms with van der Waals surface area (Å²) < 4.78 is 7.08. The summed E-state index contributed by atoms with van der Waals surface area (Å²) in [5.41, 5.74) is 1.16. The molecule has 35 heavy (non-hydrogen) atoms. The molecule has 2 aromatic rings. The van der Waals surface area contributed by atoms with Crippen LogP contribution in [0.1, 0.15) is 56.9 Å². The molecule has 188 valence electrons. The lowest BCUT2D eigenvalue weighted by atomic mass is 9.74. The second-order valence-electron chi connectivity index (χ2n) is 10.4. The first kappa shape index (κ1) is 25.6. The van der Waals surface area contributed by atoms with E-state index < -0.39 is 5.41 Å². The Bertz CT molecular complexity index is 988. The third kappa shape index (κ3) is 5.51. The smallest absolute Gasteiger partial charge is 0.317 e. The van der Waals surface area contributed by atoms with Crippen LogP contribution in [0, 0.1) is 5.92 Å². The summed E-state index contributed by atoms with van der Waals surface area (Å²) in [6.07, 6.45) is 12.7. The highest BCUT2D eigenvalue weighted by Crippen LogP contribution is 2.42. The highest BCUT2D eigenvalue weighted by molar-refractivity contribution is 5.91. The lowest BCUT2D eigenvalue weighted by molar-refractivity contribution is -0.939. The van der Waals surface area contributed by atoms with Crippen molar-refractivity contribution in [1.82, 2.24) is 9.97 Å². The van der Waals surface area contributed by atoms with Gasteiger partial charge >= 0.3 is 5.97 Å². The molecule has 2 bridgehead atoms. The van der Waals surface area contributed by atoms with Crippen molar-refractivity contribution in [2.75, 3.05) is 31.5 Å². The second-order valence-corrected chi connectivity index (χ2v) is 10.4. The number of piperidine rings is 3. The van der Waals surface area contributed by atoms with Crippen molar-refractivity contribution in [2.24, 2.45) is 5.92 Å². The molecule has 8 heteroatoms. The molecule has 3 saturated heterocycles. The van der Waals surface area contributed by atoms with Crippen molar-refractivity contribution in [1.29, 1.82) is 0 Å². The standard InChI is InChI=1S/C27H34N4O3.ClH/c32-25(30-23-16-28-20-29-17-23)19-31-14-10-21(11-15-31)24(18-31)34-26(33)27(12-6-1-2-7-13-27)22-8-4-3-5-9-22;/h3-5,8-9,16-17,20-21,24H,1-2,6-7,10-15,18-19H2;1H/t21?,24-,31?;/m0./s1. The molecule has 3 aliphatic heterocycles. The van der Waals surface area contributed by atoms with Crippen LogP contribution >= 0.6 is 0 Å². The molecule has 0 radical (unpaired) electrons. The lowest BCUT2D eigenvalue weighted by Gasteiger charge is -2.52. The van der Waals surface area contributed by atoms with Gasteiger partial charge in [-0.15, -0.1) is 0 Å². The van der Waals surface area contributed by atoms with Gasteiger partial charge in [0.05, 0.1) is 36.6 Å². The van der Waals surface area contributed by atoms with Gasteiger partial charge in [0.15, 0.2) is 12.6 Å². The average molecular weight is 499 g/mol. The largest absolute Gasteiger partial charge is 1.00 e. The van der Waals surface area contributed by atoms with Crippen molar-refractivity contribution in [3.05, 3.63) is 54.6 Å². The zero-order valence-corrected chi connectivity index (χ0v) is 21.0. The number of carbonyl (C=O) groups excluding carboxylic acids is 2. The van der Waals surface area contributed by atoms with Crippen LogP contribution in [-0.2, 0) is 19.7 Å². The molecule has 4 fully saturated rings. The maximum Gasteiger partial charge on any atom is 0.317 e. The van der Waals surface area contributed by atoms with Crippen LogP contribution in [0.2, 0.25) is 0 Å². The number of esters is 1. The van der Waals surface area contributed by atoms with Gasteiger partial charge in [-0.05, 0) is 18.4 Å². The number of benzene rings is 1. The number of carbonyl (C=O) groups is 2. The van der Waals surface area contributed by atoms with Gasteiger partial charge in [0.25, 0.3) is 5.91 Å². The fourth-order valence-electron chi connectivity index (χ4n) is 6.40. The van der Waals surface area contributed by atoms with Crippen molar-refractivity contribution in [3.8, 4) is 0 Å². The van der Waals surface area contributed by atoms with Crippen LogP contribution in [0.25, 0.3) is 0 Å². The minimum Gasteiger partial charge on any atom is -1.00 e. The van der Waals surface area contributed by atoms with E-state index in [0.29, 0.717) is 22.6 Å². The molecule has 1 atom stereocenters. The number of rotatable bonds is 6. The fourth-order valence-corrected chi connectivity index (χ4v) is 6.40. The van der Waals surface area contributed by atoms with E-state index in [-0.39, 0.29) is 30.4 Å². The van der Waals surface area contributed by atoms with Crippen LogP contribution in [0.3, 0.4) is 0 Å². The average Bonchev–Trinajstić information content (AvgIpc) is 3.13. The van der Waals surface area contributed by atoms with Crippen LogP contribution in [0.5, 0.6) is 0 Å². The minimum atomic E-state index is -0.542. The van der Waals surface area contributed by atoms with E-state index in [1.54, 1.807) is 12.4 Å². The van der Waals surface area contributed by atoms with E-state index in [1.807, 2.05) is 18.2 Å². The maximum absolute atomic E-state index is 13.9. The SMILES string of the molecule is O=C(C[N+]12CCC(CC1)[C@@H](OC(=O)C1(c3ccccc3)CCCCCC1)C2)Nc1cncnc1.[Cl-]. The van der Waals surface area contributed by atoms with Crippen LogP contribution in [0.15, 0.2) is 49.1 Å². The Kier molecular flexibility index (Phi) is 8.07. The monoisotopic (exact) mass is 498 g/mol. The van der Waals surface area contributed by atoms with E-state index in [9.17, 15) is 9.59 Å². The number of amides is 1. The number of hydrogen-bond acceptors (Lipinski definition) is 5. The number of nitrogens with one attached hydrogen (secondary N) is 1. The van der Waals surface area contributed by atoms with Gasteiger partial charge in [-0.2, -0.15) is 0 Å². The summed E-state index contributed by atoms with van der Waals surface area (Å²) >= 11 is 0. The van der Waals surface area contributed by atoms with Crippen LogP contribution < -0.4 is 17.7 Å². The van der Waals surface area contributed by atoms with E-state index in [4.69, 9.17) is 4.74 Å². The zero-order valence-electron chi connectivity index (χ0n) is 20.2. The summed E-state index contributed by atoms with van der Waals surface area (Å²) in [7, 11) is 0. The number of fused-ring (bicyclic) bond motifs is 3. The Morgan fingerprint density at radius 1 is 1.00 bits per heavy atom. The van der Waals surface area contributed by atoms with Gasteiger partial charge < -0.3 is 26.9 Å². The molecule has 0 spiro atoms. The Morgan fingerprint density at radius 2 is 1.66 bits per heavy atom. The molecule has 1 aromatic carbocycles. The van der Waals surface area contributed by atoms with Gasteiger partial charge in [0, 0.05) is 18.8 Å². The molecule has 1 aromatic heterocycles. The Hall–Kier alpha value is -2.51. The molecule has 4 aliphatic rings. The third-order valence-corrected chi connectivity index (χ3v) is 8.30. The first-order chi connectivity index (χ1) is 16.6. The predicted octanol–water partition coefficient (Wildman–Crippen LogP) is 0.864. The van der Waals surface area contributed by atoms with Gasteiger partial charge in [-0.3, -0.25) is 9.59 Å². The number of anilines is 1. The number of halogens is 1. The van der Waals surface area contributed by atoms with E-state index in [1.165, 1.54) is 19.2 Å². The van der Waals surface area contributed by atoms with Crippen molar-refractivity contribution in [2.45, 2.75) is 62.9 Å². The number of aromatic nitrogens is 2. The molecule has 1 amide bonds. The molecule has 1 saturated carbocycles. The Morgan fingerprint density at radius 3 is 2.31 bits per heavy atom.